The molecule has 2 aliphatic rings. The maximum Gasteiger partial charge on any atom is 0.0561 e. The topological polar surface area (TPSA) is 38.5 Å². The van der Waals surface area contributed by atoms with Crippen LogP contribution in [0.5, 0.6) is 0 Å². The van der Waals surface area contributed by atoms with Gasteiger partial charge >= 0.3 is 0 Å². The van der Waals surface area contributed by atoms with Crippen LogP contribution in [0.25, 0.3) is 0 Å². The molecule has 82 valence electrons. The van der Waals surface area contributed by atoms with Gasteiger partial charge in [-0.3, -0.25) is 4.90 Å². The van der Waals surface area contributed by atoms with Gasteiger partial charge in [0.2, 0.25) is 0 Å². The molecule has 0 aromatic carbocycles. The molecule has 0 saturated carbocycles. The Morgan fingerprint density at radius 2 is 2.29 bits per heavy atom. The first kappa shape index (κ1) is 10.4. The SMILES string of the molecule is CC1CC(N2CCCC2CN)CCO1. The third-order valence-corrected chi connectivity index (χ3v) is 3.62. The van der Waals surface area contributed by atoms with Gasteiger partial charge in [0.15, 0.2) is 0 Å². The highest BCUT2D eigenvalue weighted by Crippen LogP contribution is 2.26. The van der Waals surface area contributed by atoms with Gasteiger partial charge in [-0.05, 0) is 39.2 Å². The summed E-state index contributed by atoms with van der Waals surface area (Å²) in [6.45, 7) is 5.18. The predicted molar refractivity (Wildman–Crippen MR) is 57.2 cm³/mol. The summed E-state index contributed by atoms with van der Waals surface area (Å²) < 4.78 is 5.58. The lowest BCUT2D eigenvalue weighted by molar-refractivity contribution is -0.0196. The normalized spacial score (nSPS) is 40.3. The summed E-state index contributed by atoms with van der Waals surface area (Å²) >= 11 is 0. The van der Waals surface area contributed by atoms with Gasteiger partial charge in [-0.15, -0.1) is 0 Å². The van der Waals surface area contributed by atoms with Gasteiger partial charge in [0, 0.05) is 25.2 Å². The van der Waals surface area contributed by atoms with Crippen molar-refractivity contribution in [2.75, 3.05) is 19.7 Å². The molecule has 2 saturated heterocycles. The van der Waals surface area contributed by atoms with E-state index in [2.05, 4.69) is 11.8 Å². The maximum absolute atomic E-state index is 5.79. The smallest absolute Gasteiger partial charge is 0.0561 e. The Morgan fingerprint density at radius 3 is 3.00 bits per heavy atom. The van der Waals surface area contributed by atoms with E-state index in [0.717, 1.165) is 19.2 Å². The number of ether oxygens (including phenoxy) is 1. The van der Waals surface area contributed by atoms with Gasteiger partial charge in [0.1, 0.15) is 0 Å². The van der Waals surface area contributed by atoms with E-state index in [-0.39, 0.29) is 0 Å². The second-order valence-electron chi connectivity index (χ2n) is 4.63. The molecule has 2 aliphatic heterocycles. The third-order valence-electron chi connectivity index (χ3n) is 3.62. The average Bonchev–Trinajstić information content (AvgIpc) is 2.65. The Morgan fingerprint density at radius 1 is 1.43 bits per heavy atom. The summed E-state index contributed by atoms with van der Waals surface area (Å²) in [6, 6.07) is 1.38. The quantitative estimate of drug-likeness (QED) is 0.719. The van der Waals surface area contributed by atoms with Gasteiger partial charge in [0.05, 0.1) is 6.10 Å². The lowest BCUT2D eigenvalue weighted by Crippen LogP contribution is -2.46. The van der Waals surface area contributed by atoms with Crippen LogP contribution in [-0.2, 0) is 4.74 Å². The molecule has 0 radical (unpaired) electrons. The summed E-state index contributed by atoms with van der Waals surface area (Å²) in [7, 11) is 0. The van der Waals surface area contributed by atoms with Gasteiger partial charge in [-0.1, -0.05) is 0 Å². The molecule has 3 atom stereocenters. The fourth-order valence-electron chi connectivity index (χ4n) is 2.87. The molecule has 14 heavy (non-hydrogen) atoms. The van der Waals surface area contributed by atoms with Gasteiger partial charge in [-0.25, -0.2) is 0 Å². The number of hydrogen-bond donors (Lipinski definition) is 1. The van der Waals surface area contributed by atoms with Crippen LogP contribution in [0, 0.1) is 0 Å². The van der Waals surface area contributed by atoms with Crippen molar-refractivity contribution in [1.29, 1.82) is 0 Å². The highest BCUT2D eigenvalue weighted by atomic mass is 16.5. The Balaban J connectivity index is 1.92. The Bertz CT molecular complexity index is 186. The number of hydrogen-bond acceptors (Lipinski definition) is 3. The lowest BCUT2D eigenvalue weighted by Gasteiger charge is -2.37. The molecule has 2 rings (SSSR count). The van der Waals surface area contributed by atoms with E-state index in [1.165, 1.54) is 32.2 Å². The highest BCUT2D eigenvalue weighted by Gasteiger charge is 2.32. The molecule has 0 aliphatic carbocycles. The van der Waals surface area contributed by atoms with E-state index >= 15 is 0 Å². The van der Waals surface area contributed by atoms with Crippen LogP contribution in [0.4, 0.5) is 0 Å². The van der Waals surface area contributed by atoms with Crippen molar-refractivity contribution < 1.29 is 4.74 Å². The fraction of sp³-hybridized carbons (Fsp3) is 1.00. The monoisotopic (exact) mass is 198 g/mol. The van der Waals surface area contributed by atoms with E-state index in [1.54, 1.807) is 0 Å². The van der Waals surface area contributed by atoms with Crippen LogP contribution in [0.1, 0.15) is 32.6 Å². The van der Waals surface area contributed by atoms with Crippen molar-refractivity contribution in [2.24, 2.45) is 5.73 Å². The first-order valence-electron chi connectivity index (χ1n) is 5.88. The van der Waals surface area contributed by atoms with Crippen molar-refractivity contribution in [3.8, 4) is 0 Å². The first-order valence-corrected chi connectivity index (χ1v) is 5.88. The van der Waals surface area contributed by atoms with E-state index in [1.807, 2.05) is 0 Å². The number of likely N-dealkylation sites (tertiary alicyclic amines) is 1. The molecule has 2 heterocycles. The zero-order chi connectivity index (χ0) is 9.97. The zero-order valence-electron chi connectivity index (χ0n) is 9.11. The van der Waals surface area contributed by atoms with Crippen LogP contribution in [0.15, 0.2) is 0 Å². The third kappa shape index (κ3) is 2.10. The van der Waals surface area contributed by atoms with E-state index in [4.69, 9.17) is 10.5 Å². The minimum absolute atomic E-state index is 0.438. The maximum atomic E-state index is 5.79. The number of nitrogens with two attached hydrogens (primary N) is 1. The molecule has 3 unspecified atom stereocenters. The minimum atomic E-state index is 0.438. The Hall–Kier alpha value is -0.120. The molecule has 0 spiro atoms. The highest BCUT2D eigenvalue weighted by molar-refractivity contribution is 4.87. The van der Waals surface area contributed by atoms with Crippen LogP contribution in [0.3, 0.4) is 0 Å². The predicted octanol–water partition coefficient (Wildman–Crippen LogP) is 0.977. The summed E-state index contributed by atoms with van der Waals surface area (Å²) in [5, 5.41) is 0. The van der Waals surface area contributed by atoms with E-state index in [9.17, 15) is 0 Å². The van der Waals surface area contributed by atoms with Gasteiger partial charge in [-0.2, -0.15) is 0 Å². The summed E-state index contributed by atoms with van der Waals surface area (Å²) in [4.78, 5) is 2.62. The molecule has 0 aromatic rings. The largest absolute Gasteiger partial charge is 0.378 e. The minimum Gasteiger partial charge on any atom is -0.378 e. The van der Waals surface area contributed by atoms with Crippen LogP contribution in [0.2, 0.25) is 0 Å². The van der Waals surface area contributed by atoms with E-state index < -0.39 is 0 Å². The van der Waals surface area contributed by atoms with Crippen molar-refractivity contribution in [1.82, 2.24) is 4.90 Å². The van der Waals surface area contributed by atoms with Crippen molar-refractivity contribution >= 4 is 0 Å². The zero-order valence-corrected chi connectivity index (χ0v) is 9.11. The van der Waals surface area contributed by atoms with Crippen LogP contribution >= 0.6 is 0 Å². The molecule has 0 bridgehead atoms. The number of nitrogens with zero attached hydrogens (tertiary/aromatic N) is 1. The fourth-order valence-corrected chi connectivity index (χ4v) is 2.87. The molecule has 3 nitrogen and oxygen atoms in total. The Labute approximate surface area is 86.6 Å². The van der Waals surface area contributed by atoms with Gasteiger partial charge in [0.25, 0.3) is 0 Å². The summed E-state index contributed by atoms with van der Waals surface area (Å²) in [5.41, 5.74) is 5.79. The second-order valence-corrected chi connectivity index (χ2v) is 4.63. The van der Waals surface area contributed by atoms with Crippen molar-refractivity contribution in [3.05, 3.63) is 0 Å². The average molecular weight is 198 g/mol. The van der Waals surface area contributed by atoms with E-state index in [0.29, 0.717) is 12.1 Å². The standard InChI is InChI=1S/C11H22N2O/c1-9-7-10(4-6-14-9)13-5-2-3-11(13)8-12/h9-11H,2-8,12H2,1H3. The molecular formula is C11H22N2O. The number of rotatable bonds is 2. The Kier molecular flexibility index (Phi) is 3.42. The molecule has 0 amide bonds. The van der Waals surface area contributed by atoms with Gasteiger partial charge < -0.3 is 10.5 Å². The summed E-state index contributed by atoms with van der Waals surface area (Å²) in [6.07, 6.45) is 5.44. The summed E-state index contributed by atoms with van der Waals surface area (Å²) in [5.74, 6) is 0. The molecule has 3 heteroatoms. The van der Waals surface area contributed by atoms with Crippen molar-refractivity contribution in [3.63, 3.8) is 0 Å². The molecular weight excluding hydrogens is 176 g/mol. The molecule has 2 N–H and O–H groups in total. The lowest BCUT2D eigenvalue weighted by atomic mass is 10.0. The van der Waals surface area contributed by atoms with Crippen molar-refractivity contribution in [2.45, 2.75) is 50.8 Å². The molecule has 0 aromatic heterocycles. The van der Waals surface area contributed by atoms with Crippen LogP contribution in [-0.4, -0.2) is 42.8 Å². The molecule has 2 fully saturated rings. The first-order chi connectivity index (χ1) is 6.81. The second kappa shape index (κ2) is 4.60. The van der Waals surface area contributed by atoms with Crippen LogP contribution < -0.4 is 5.73 Å².